The number of amides is 4. The Morgan fingerprint density at radius 1 is 0.821 bits per heavy atom. The van der Waals surface area contributed by atoms with Crippen molar-refractivity contribution in [2.24, 2.45) is 11.7 Å². The molecule has 39 heavy (non-hydrogen) atoms. The Morgan fingerprint density at radius 3 is 2.05 bits per heavy atom. The van der Waals surface area contributed by atoms with Crippen LogP contribution in [0.15, 0.2) is 54.6 Å². The summed E-state index contributed by atoms with van der Waals surface area (Å²) in [6.45, 7) is 3.01. The van der Waals surface area contributed by atoms with Gasteiger partial charge >= 0.3 is 0 Å². The smallest absolute Gasteiger partial charge is 0.243 e. The van der Waals surface area contributed by atoms with Crippen molar-refractivity contribution in [3.8, 4) is 0 Å². The van der Waals surface area contributed by atoms with E-state index in [1.165, 1.54) is 24.3 Å². The van der Waals surface area contributed by atoms with Gasteiger partial charge in [0, 0.05) is 6.42 Å². The Kier molecular flexibility index (Phi) is 12.7. The fourth-order valence-electron chi connectivity index (χ4n) is 3.75. The van der Waals surface area contributed by atoms with Crippen molar-refractivity contribution in [2.45, 2.75) is 51.2 Å². The number of carbonyl (C=O) groups excluding carboxylic acids is 5. The molecule has 10 nitrogen and oxygen atoms in total. The summed E-state index contributed by atoms with van der Waals surface area (Å²) in [5.74, 6) is -2.57. The van der Waals surface area contributed by atoms with Gasteiger partial charge in [0.2, 0.25) is 23.6 Å². The summed E-state index contributed by atoms with van der Waals surface area (Å²) in [5, 5.41) is 10.0. The Bertz CT molecular complexity index is 1110. The number of halogens is 1. The Morgan fingerprint density at radius 2 is 1.44 bits per heavy atom. The molecule has 0 bridgehead atoms. The average molecular weight is 542 g/mol. The van der Waals surface area contributed by atoms with Crippen LogP contribution in [0.25, 0.3) is 0 Å². The molecule has 0 spiro atoms. The van der Waals surface area contributed by atoms with E-state index in [2.05, 4.69) is 21.3 Å². The molecule has 0 saturated heterocycles. The third-order valence-electron chi connectivity index (χ3n) is 5.73. The maximum absolute atomic E-state index is 13.0. The molecule has 2 rings (SSSR count). The summed E-state index contributed by atoms with van der Waals surface area (Å²) in [5.41, 5.74) is 7.32. The van der Waals surface area contributed by atoms with Crippen molar-refractivity contribution in [3.63, 3.8) is 0 Å². The molecule has 0 saturated carbocycles. The summed E-state index contributed by atoms with van der Waals surface area (Å²) < 4.78 is 13.0. The van der Waals surface area contributed by atoms with Crippen molar-refractivity contribution in [1.29, 1.82) is 0 Å². The second-order valence-electron chi connectivity index (χ2n) is 9.62. The van der Waals surface area contributed by atoms with Gasteiger partial charge in [-0.3, -0.25) is 19.2 Å². The van der Waals surface area contributed by atoms with Crippen LogP contribution >= 0.6 is 0 Å². The van der Waals surface area contributed by atoms with E-state index < -0.39 is 60.7 Å². The predicted molar refractivity (Wildman–Crippen MR) is 144 cm³/mol. The van der Waals surface area contributed by atoms with Gasteiger partial charge in [-0.15, -0.1) is 0 Å². The second kappa shape index (κ2) is 16.0. The first-order valence-electron chi connectivity index (χ1n) is 12.7. The summed E-state index contributed by atoms with van der Waals surface area (Å²) in [6.07, 6.45) is 1.46. The van der Waals surface area contributed by atoms with E-state index in [9.17, 15) is 28.4 Å². The highest BCUT2D eigenvalue weighted by Crippen LogP contribution is 2.07. The molecule has 11 heteroatoms. The topological polar surface area (TPSA) is 159 Å². The van der Waals surface area contributed by atoms with Gasteiger partial charge in [-0.25, -0.2) is 4.39 Å². The van der Waals surface area contributed by atoms with Crippen LogP contribution < -0.4 is 27.0 Å². The van der Waals surface area contributed by atoms with Crippen LogP contribution in [0.2, 0.25) is 0 Å². The molecule has 0 radical (unpaired) electrons. The maximum atomic E-state index is 13.0. The molecule has 0 aliphatic rings. The fraction of sp³-hybridized carbons (Fsp3) is 0.393. The Balaban J connectivity index is 1.86. The lowest BCUT2D eigenvalue weighted by molar-refractivity contribution is -0.131. The molecule has 0 fully saturated rings. The summed E-state index contributed by atoms with van der Waals surface area (Å²) >= 11 is 0. The van der Waals surface area contributed by atoms with Crippen molar-refractivity contribution in [1.82, 2.24) is 21.3 Å². The minimum Gasteiger partial charge on any atom is -0.346 e. The first kappa shape index (κ1) is 31.1. The van der Waals surface area contributed by atoms with Crippen LogP contribution in [0, 0.1) is 11.7 Å². The summed E-state index contributed by atoms with van der Waals surface area (Å²) in [4.78, 5) is 61.2. The molecule has 2 aromatic rings. The molecule has 0 aromatic heterocycles. The predicted octanol–water partition coefficient (Wildman–Crippen LogP) is 0.385. The molecule has 210 valence electrons. The highest BCUT2D eigenvalue weighted by atomic mass is 19.1. The van der Waals surface area contributed by atoms with Crippen LogP contribution in [-0.2, 0) is 36.8 Å². The van der Waals surface area contributed by atoms with Gasteiger partial charge in [-0.2, -0.15) is 0 Å². The number of carbonyl (C=O) groups is 5. The highest BCUT2D eigenvalue weighted by Gasteiger charge is 2.24. The van der Waals surface area contributed by atoms with E-state index in [0.717, 1.165) is 5.56 Å². The van der Waals surface area contributed by atoms with Gasteiger partial charge in [-0.05, 0) is 42.0 Å². The van der Waals surface area contributed by atoms with E-state index >= 15 is 0 Å². The summed E-state index contributed by atoms with van der Waals surface area (Å²) in [6, 6.07) is 12.0. The van der Waals surface area contributed by atoms with E-state index in [1.54, 1.807) is 12.1 Å². The van der Waals surface area contributed by atoms with Gasteiger partial charge in [0.15, 0.2) is 0 Å². The minimum atomic E-state index is -0.976. The van der Waals surface area contributed by atoms with Crippen LogP contribution in [0.3, 0.4) is 0 Å². The number of nitrogens with two attached hydrogens (primary N) is 1. The van der Waals surface area contributed by atoms with E-state index in [4.69, 9.17) is 5.73 Å². The SMILES string of the molecule is CC(C)C[C@@H](C=O)NC(=O)[C@H](Cc1ccccc1)NC(=O)CNC(=O)CNC(=O)[C@@H](N)Cc1ccc(F)cc1. The van der Waals surface area contributed by atoms with Crippen molar-refractivity contribution >= 4 is 29.9 Å². The molecular weight excluding hydrogens is 505 g/mol. The first-order chi connectivity index (χ1) is 18.6. The lowest BCUT2D eigenvalue weighted by Gasteiger charge is -2.22. The number of hydrogen-bond acceptors (Lipinski definition) is 6. The van der Waals surface area contributed by atoms with Crippen LogP contribution in [-0.4, -0.2) is 61.1 Å². The van der Waals surface area contributed by atoms with E-state index in [0.29, 0.717) is 18.3 Å². The molecule has 0 heterocycles. The number of rotatable bonds is 15. The maximum Gasteiger partial charge on any atom is 0.243 e. The van der Waals surface area contributed by atoms with Crippen LogP contribution in [0.1, 0.15) is 31.4 Å². The zero-order chi connectivity index (χ0) is 28.8. The van der Waals surface area contributed by atoms with Gasteiger partial charge < -0.3 is 31.8 Å². The van der Waals surface area contributed by atoms with Crippen LogP contribution in [0.5, 0.6) is 0 Å². The Hall–Kier alpha value is -4.12. The zero-order valence-corrected chi connectivity index (χ0v) is 22.1. The lowest BCUT2D eigenvalue weighted by atomic mass is 10.0. The van der Waals surface area contributed by atoms with E-state index in [-0.39, 0.29) is 18.8 Å². The van der Waals surface area contributed by atoms with Gasteiger partial charge in [-0.1, -0.05) is 56.3 Å². The van der Waals surface area contributed by atoms with Crippen molar-refractivity contribution in [3.05, 3.63) is 71.5 Å². The second-order valence-corrected chi connectivity index (χ2v) is 9.62. The molecular formula is C28H36FN5O5. The molecule has 4 amide bonds. The van der Waals surface area contributed by atoms with Gasteiger partial charge in [0.1, 0.15) is 18.1 Å². The average Bonchev–Trinajstić information content (AvgIpc) is 2.91. The number of aldehydes is 1. The van der Waals surface area contributed by atoms with Crippen LogP contribution in [0.4, 0.5) is 4.39 Å². The van der Waals surface area contributed by atoms with E-state index in [1.807, 2.05) is 32.0 Å². The molecule has 0 unspecified atom stereocenters. The molecule has 2 aromatic carbocycles. The summed E-state index contributed by atoms with van der Waals surface area (Å²) in [7, 11) is 0. The number of hydrogen-bond donors (Lipinski definition) is 5. The minimum absolute atomic E-state index is 0.156. The fourth-order valence-corrected chi connectivity index (χ4v) is 3.75. The quantitative estimate of drug-likeness (QED) is 0.205. The van der Waals surface area contributed by atoms with Crippen molar-refractivity contribution in [2.75, 3.05) is 13.1 Å². The first-order valence-corrected chi connectivity index (χ1v) is 12.7. The molecule has 6 N–H and O–H groups in total. The monoisotopic (exact) mass is 541 g/mol. The third kappa shape index (κ3) is 11.9. The van der Waals surface area contributed by atoms with Crippen molar-refractivity contribution < 1.29 is 28.4 Å². The zero-order valence-electron chi connectivity index (χ0n) is 22.1. The standard InChI is InChI=1S/C28H36FN5O5/c1-18(2)12-22(17-35)33-28(39)24(14-19-6-4-3-5-7-19)34-26(37)16-31-25(36)15-32-27(38)23(30)13-20-8-10-21(29)11-9-20/h3-11,17-18,22-24H,12-16,30H2,1-2H3,(H,31,36)(H,32,38)(H,33,39)(H,34,37)/t22-,23-,24-/m0/s1. The number of benzene rings is 2. The van der Waals surface area contributed by atoms with Gasteiger partial charge in [0.25, 0.3) is 0 Å². The highest BCUT2D eigenvalue weighted by molar-refractivity contribution is 5.92. The molecule has 0 aliphatic heterocycles. The lowest BCUT2D eigenvalue weighted by Crippen LogP contribution is -2.53. The Labute approximate surface area is 227 Å². The third-order valence-corrected chi connectivity index (χ3v) is 5.73. The number of nitrogens with one attached hydrogen (secondary N) is 4. The molecule has 0 aliphatic carbocycles. The molecule has 3 atom stereocenters. The largest absolute Gasteiger partial charge is 0.346 e. The van der Waals surface area contributed by atoms with Gasteiger partial charge in [0.05, 0.1) is 25.2 Å². The normalized spacial score (nSPS) is 13.1.